The zero-order valence-corrected chi connectivity index (χ0v) is 13.6. The quantitative estimate of drug-likeness (QED) is 0.842. The number of halogens is 2. The smallest absolute Gasteiger partial charge is 0.244 e. The van der Waals surface area contributed by atoms with Crippen LogP contribution in [0.2, 0.25) is 10.0 Å². The number of rotatable bonds is 4. The van der Waals surface area contributed by atoms with Crippen LogP contribution in [0, 0.1) is 0 Å². The molecule has 2 aromatic rings. The molecule has 1 fully saturated rings. The Morgan fingerprint density at radius 1 is 1.23 bits per heavy atom. The van der Waals surface area contributed by atoms with E-state index in [1.54, 1.807) is 30.6 Å². The van der Waals surface area contributed by atoms with Gasteiger partial charge in [0.1, 0.15) is 16.7 Å². The molecule has 1 aliphatic rings. The summed E-state index contributed by atoms with van der Waals surface area (Å²) in [5.74, 6) is 0.616. The number of aromatic nitrogens is 1. The van der Waals surface area contributed by atoms with Crippen molar-refractivity contribution < 1.29 is 13.2 Å². The summed E-state index contributed by atoms with van der Waals surface area (Å²) in [6.45, 7) is 0.528. The lowest BCUT2D eigenvalue weighted by Crippen LogP contribution is -2.56. The SMILES string of the molecule is O=S(=O)(c1cc(Cl)ccc1Cl)N1CC(Oc2cccnc2)C1. The molecule has 8 heteroatoms. The van der Waals surface area contributed by atoms with E-state index in [0.717, 1.165) is 0 Å². The Kier molecular flexibility index (Phi) is 4.27. The summed E-state index contributed by atoms with van der Waals surface area (Å²) in [5.41, 5.74) is 0. The van der Waals surface area contributed by atoms with Crippen molar-refractivity contribution >= 4 is 33.2 Å². The first-order chi connectivity index (χ1) is 10.5. The summed E-state index contributed by atoms with van der Waals surface area (Å²) in [7, 11) is -3.66. The van der Waals surface area contributed by atoms with E-state index >= 15 is 0 Å². The van der Waals surface area contributed by atoms with Gasteiger partial charge < -0.3 is 4.74 Å². The first-order valence-electron chi connectivity index (χ1n) is 6.49. The Morgan fingerprint density at radius 3 is 2.68 bits per heavy atom. The monoisotopic (exact) mass is 358 g/mol. The number of hydrogen-bond acceptors (Lipinski definition) is 4. The van der Waals surface area contributed by atoms with Crippen LogP contribution in [0.1, 0.15) is 0 Å². The molecule has 0 aliphatic carbocycles. The van der Waals surface area contributed by atoms with Gasteiger partial charge in [0.25, 0.3) is 0 Å². The van der Waals surface area contributed by atoms with E-state index in [0.29, 0.717) is 10.8 Å². The second-order valence-electron chi connectivity index (χ2n) is 4.83. The van der Waals surface area contributed by atoms with E-state index in [9.17, 15) is 8.42 Å². The molecule has 0 atom stereocenters. The fourth-order valence-corrected chi connectivity index (χ4v) is 4.34. The largest absolute Gasteiger partial charge is 0.486 e. The number of benzene rings is 1. The highest BCUT2D eigenvalue weighted by molar-refractivity contribution is 7.89. The van der Waals surface area contributed by atoms with E-state index in [2.05, 4.69) is 4.98 Å². The van der Waals surface area contributed by atoms with Gasteiger partial charge in [0, 0.05) is 11.2 Å². The Labute approximate surface area is 138 Å². The van der Waals surface area contributed by atoms with Crippen LogP contribution in [-0.2, 0) is 10.0 Å². The predicted molar refractivity (Wildman–Crippen MR) is 83.9 cm³/mol. The standard InChI is InChI=1S/C14H12Cl2N2O3S/c15-10-3-4-13(16)14(6-10)22(19,20)18-8-12(9-18)21-11-2-1-5-17-7-11/h1-7,12H,8-9H2. The molecule has 22 heavy (non-hydrogen) atoms. The molecule has 3 rings (SSSR count). The van der Waals surface area contributed by atoms with Crippen molar-refractivity contribution in [2.45, 2.75) is 11.0 Å². The van der Waals surface area contributed by atoms with Crippen LogP contribution in [-0.4, -0.2) is 36.9 Å². The molecule has 5 nitrogen and oxygen atoms in total. The highest BCUT2D eigenvalue weighted by atomic mass is 35.5. The minimum Gasteiger partial charge on any atom is -0.486 e. The summed E-state index contributed by atoms with van der Waals surface area (Å²) in [4.78, 5) is 3.96. The fraction of sp³-hybridized carbons (Fsp3) is 0.214. The van der Waals surface area contributed by atoms with Crippen molar-refractivity contribution in [3.63, 3.8) is 0 Å². The van der Waals surface area contributed by atoms with Crippen LogP contribution in [0.25, 0.3) is 0 Å². The third kappa shape index (κ3) is 3.05. The van der Waals surface area contributed by atoms with Gasteiger partial charge in [-0.2, -0.15) is 4.31 Å². The summed E-state index contributed by atoms with van der Waals surface area (Å²) in [6, 6.07) is 7.91. The molecule has 0 unspecified atom stereocenters. The fourth-order valence-electron chi connectivity index (χ4n) is 2.09. The van der Waals surface area contributed by atoms with Crippen molar-refractivity contribution in [1.82, 2.24) is 9.29 Å². The van der Waals surface area contributed by atoms with Gasteiger partial charge in [0.15, 0.2) is 0 Å². The van der Waals surface area contributed by atoms with Crippen LogP contribution in [0.4, 0.5) is 0 Å². The van der Waals surface area contributed by atoms with Crippen LogP contribution < -0.4 is 4.74 Å². The molecule has 1 aromatic carbocycles. The van der Waals surface area contributed by atoms with Crippen molar-refractivity contribution in [1.29, 1.82) is 0 Å². The number of ether oxygens (including phenoxy) is 1. The lowest BCUT2D eigenvalue weighted by Gasteiger charge is -2.37. The third-order valence-electron chi connectivity index (χ3n) is 3.26. The minimum atomic E-state index is -3.66. The Morgan fingerprint density at radius 2 is 2.00 bits per heavy atom. The molecule has 2 heterocycles. The van der Waals surface area contributed by atoms with Crippen LogP contribution in [0.5, 0.6) is 5.75 Å². The minimum absolute atomic E-state index is 0.0153. The van der Waals surface area contributed by atoms with Crippen LogP contribution >= 0.6 is 23.2 Å². The average molecular weight is 359 g/mol. The van der Waals surface area contributed by atoms with E-state index < -0.39 is 10.0 Å². The van der Waals surface area contributed by atoms with E-state index in [1.165, 1.54) is 16.4 Å². The molecule has 0 N–H and O–H groups in total. The van der Waals surface area contributed by atoms with Crippen molar-refractivity contribution in [3.8, 4) is 5.75 Å². The average Bonchev–Trinajstić information content (AvgIpc) is 2.45. The highest BCUT2D eigenvalue weighted by Crippen LogP contribution is 2.30. The lowest BCUT2D eigenvalue weighted by atomic mass is 10.2. The maximum Gasteiger partial charge on any atom is 0.244 e. The van der Waals surface area contributed by atoms with E-state index in [4.69, 9.17) is 27.9 Å². The highest BCUT2D eigenvalue weighted by Gasteiger charge is 2.39. The maximum absolute atomic E-state index is 12.5. The van der Waals surface area contributed by atoms with Crippen LogP contribution in [0.3, 0.4) is 0 Å². The number of sulfonamides is 1. The lowest BCUT2D eigenvalue weighted by molar-refractivity contribution is 0.0759. The van der Waals surface area contributed by atoms with Crippen molar-refractivity contribution in [3.05, 3.63) is 52.8 Å². The molecule has 0 saturated carbocycles. The predicted octanol–water partition coefficient (Wildman–Crippen LogP) is 2.84. The van der Waals surface area contributed by atoms with Gasteiger partial charge >= 0.3 is 0 Å². The summed E-state index contributed by atoms with van der Waals surface area (Å²) in [5, 5.41) is 0.479. The Balaban J connectivity index is 1.70. The second-order valence-corrected chi connectivity index (χ2v) is 7.58. The molecule has 0 amide bonds. The van der Waals surface area contributed by atoms with Crippen molar-refractivity contribution in [2.24, 2.45) is 0 Å². The normalized spacial score (nSPS) is 16.3. The number of hydrogen-bond donors (Lipinski definition) is 0. The Bertz CT molecular complexity index is 778. The molecular weight excluding hydrogens is 347 g/mol. The molecule has 0 bridgehead atoms. The summed E-state index contributed by atoms with van der Waals surface area (Å²) in [6.07, 6.45) is 3.04. The van der Waals surface area contributed by atoms with E-state index in [1.807, 2.05) is 0 Å². The molecule has 1 aromatic heterocycles. The summed E-state index contributed by atoms with van der Waals surface area (Å²) < 4.78 is 31.9. The van der Waals surface area contributed by atoms with Gasteiger partial charge in [-0.25, -0.2) is 8.42 Å². The Hall–Kier alpha value is -1.34. The molecule has 1 saturated heterocycles. The topological polar surface area (TPSA) is 59.5 Å². The molecule has 0 radical (unpaired) electrons. The first kappa shape index (κ1) is 15.6. The number of nitrogens with zero attached hydrogens (tertiary/aromatic N) is 2. The zero-order valence-electron chi connectivity index (χ0n) is 11.3. The third-order valence-corrected chi connectivity index (χ3v) is 5.81. The molecule has 1 aliphatic heterocycles. The maximum atomic E-state index is 12.5. The number of pyridine rings is 1. The molecule has 116 valence electrons. The van der Waals surface area contributed by atoms with Gasteiger partial charge in [0.2, 0.25) is 10.0 Å². The summed E-state index contributed by atoms with van der Waals surface area (Å²) >= 11 is 11.8. The van der Waals surface area contributed by atoms with Gasteiger partial charge in [-0.3, -0.25) is 4.98 Å². The van der Waals surface area contributed by atoms with Gasteiger partial charge in [-0.15, -0.1) is 0 Å². The zero-order chi connectivity index (χ0) is 15.7. The van der Waals surface area contributed by atoms with E-state index in [-0.39, 0.29) is 29.1 Å². The molecular formula is C14H12Cl2N2O3S. The van der Waals surface area contributed by atoms with Gasteiger partial charge in [-0.1, -0.05) is 23.2 Å². The molecule has 0 spiro atoms. The second kappa shape index (κ2) is 6.04. The van der Waals surface area contributed by atoms with Gasteiger partial charge in [-0.05, 0) is 30.3 Å². The van der Waals surface area contributed by atoms with Gasteiger partial charge in [0.05, 0.1) is 24.3 Å². The van der Waals surface area contributed by atoms with Crippen molar-refractivity contribution in [2.75, 3.05) is 13.1 Å². The van der Waals surface area contributed by atoms with Crippen LogP contribution in [0.15, 0.2) is 47.6 Å². The first-order valence-corrected chi connectivity index (χ1v) is 8.68.